The van der Waals surface area contributed by atoms with Crippen molar-refractivity contribution in [3.8, 4) is 17.4 Å². The van der Waals surface area contributed by atoms with Gasteiger partial charge in [0.1, 0.15) is 6.10 Å². The number of benzene rings is 1. The Morgan fingerprint density at radius 1 is 1.24 bits per heavy atom. The van der Waals surface area contributed by atoms with Crippen LogP contribution in [0.1, 0.15) is 12.8 Å². The van der Waals surface area contributed by atoms with E-state index in [1.54, 1.807) is 42.5 Å². The van der Waals surface area contributed by atoms with Crippen LogP contribution in [0.4, 0.5) is 0 Å². The fourth-order valence-corrected chi connectivity index (χ4v) is 2.75. The number of aromatic nitrogens is 2. The molecule has 2 aromatic rings. The zero-order valence-electron chi connectivity index (χ0n) is 14.1. The van der Waals surface area contributed by atoms with Crippen LogP contribution < -0.4 is 14.2 Å². The van der Waals surface area contributed by atoms with Gasteiger partial charge in [-0.05, 0) is 31.0 Å². The van der Waals surface area contributed by atoms with E-state index in [1.165, 1.54) is 0 Å². The summed E-state index contributed by atoms with van der Waals surface area (Å²) in [6.45, 7) is 1.19. The van der Waals surface area contributed by atoms with Crippen LogP contribution >= 0.6 is 0 Å². The highest BCUT2D eigenvalue weighted by molar-refractivity contribution is 5.78. The molecule has 0 N–H and O–H groups in total. The SMILES string of the molecule is COc1ccccc1OCC(=O)N1CCC[C@@H](Oc2cccnn2)C1. The Morgan fingerprint density at radius 2 is 2.08 bits per heavy atom. The number of piperidine rings is 1. The Bertz CT molecular complexity index is 696. The molecule has 7 heteroatoms. The van der Waals surface area contributed by atoms with Gasteiger partial charge in [0.15, 0.2) is 18.1 Å². The monoisotopic (exact) mass is 343 g/mol. The number of nitrogens with zero attached hydrogens (tertiary/aromatic N) is 3. The summed E-state index contributed by atoms with van der Waals surface area (Å²) in [6.07, 6.45) is 3.28. The van der Waals surface area contributed by atoms with Crippen molar-refractivity contribution in [1.29, 1.82) is 0 Å². The van der Waals surface area contributed by atoms with Crippen LogP contribution in [0.25, 0.3) is 0 Å². The van der Waals surface area contributed by atoms with E-state index in [9.17, 15) is 4.79 Å². The maximum atomic E-state index is 12.4. The molecular weight excluding hydrogens is 322 g/mol. The van der Waals surface area contributed by atoms with E-state index >= 15 is 0 Å². The highest BCUT2D eigenvalue weighted by atomic mass is 16.5. The molecule has 0 saturated carbocycles. The lowest BCUT2D eigenvalue weighted by atomic mass is 10.1. The summed E-state index contributed by atoms with van der Waals surface area (Å²) in [5.74, 6) is 1.57. The van der Waals surface area contributed by atoms with Crippen LogP contribution in [0.3, 0.4) is 0 Å². The third-order valence-electron chi connectivity index (χ3n) is 3.99. The minimum absolute atomic E-state index is 0.0295. The van der Waals surface area contributed by atoms with Crippen molar-refractivity contribution in [2.24, 2.45) is 0 Å². The van der Waals surface area contributed by atoms with Gasteiger partial charge in [-0.2, -0.15) is 5.10 Å². The molecule has 0 aliphatic carbocycles. The Kier molecular flexibility index (Phi) is 5.66. The van der Waals surface area contributed by atoms with Crippen molar-refractivity contribution >= 4 is 5.91 Å². The number of para-hydroxylation sites is 2. The Labute approximate surface area is 146 Å². The van der Waals surface area contributed by atoms with E-state index in [-0.39, 0.29) is 18.6 Å². The third kappa shape index (κ3) is 4.59. The maximum Gasteiger partial charge on any atom is 0.260 e. The molecule has 0 bridgehead atoms. The van der Waals surface area contributed by atoms with Gasteiger partial charge in [0, 0.05) is 18.8 Å². The van der Waals surface area contributed by atoms with E-state index in [0.29, 0.717) is 30.5 Å². The molecule has 0 radical (unpaired) electrons. The van der Waals surface area contributed by atoms with Crippen molar-refractivity contribution in [2.45, 2.75) is 18.9 Å². The van der Waals surface area contributed by atoms with Crippen molar-refractivity contribution in [2.75, 3.05) is 26.8 Å². The van der Waals surface area contributed by atoms with Crippen LogP contribution in [-0.2, 0) is 4.79 Å². The summed E-state index contributed by atoms with van der Waals surface area (Å²) in [6, 6.07) is 10.8. The molecule has 0 unspecified atom stereocenters. The predicted molar refractivity (Wildman–Crippen MR) is 90.8 cm³/mol. The van der Waals surface area contributed by atoms with E-state index in [4.69, 9.17) is 14.2 Å². The summed E-state index contributed by atoms with van der Waals surface area (Å²) >= 11 is 0. The summed E-state index contributed by atoms with van der Waals surface area (Å²) < 4.78 is 16.6. The first kappa shape index (κ1) is 17.0. The lowest BCUT2D eigenvalue weighted by molar-refractivity contribution is -0.136. The van der Waals surface area contributed by atoms with E-state index in [1.807, 2.05) is 12.1 Å². The van der Waals surface area contributed by atoms with Gasteiger partial charge in [0.25, 0.3) is 5.91 Å². The van der Waals surface area contributed by atoms with Gasteiger partial charge in [-0.25, -0.2) is 0 Å². The molecule has 1 aliphatic heterocycles. The standard InChI is InChI=1S/C18H21N3O4/c1-23-15-7-2-3-8-16(15)24-13-18(22)21-11-5-6-14(12-21)25-17-9-4-10-19-20-17/h2-4,7-10,14H,5-6,11-13H2,1H3/t14-/m1/s1. The quantitative estimate of drug-likeness (QED) is 0.798. The van der Waals surface area contributed by atoms with Crippen molar-refractivity contribution in [1.82, 2.24) is 15.1 Å². The van der Waals surface area contributed by atoms with Crippen molar-refractivity contribution in [3.05, 3.63) is 42.6 Å². The van der Waals surface area contributed by atoms with E-state index in [2.05, 4.69) is 10.2 Å². The predicted octanol–water partition coefficient (Wildman–Crippen LogP) is 1.93. The average Bonchev–Trinajstić information content (AvgIpc) is 2.67. The number of methoxy groups -OCH3 is 1. The lowest BCUT2D eigenvalue weighted by Gasteiger charge is -2.32. The molecule has 2 heterocycles. The summed E-state index contributed by atoms with van der Waals surface area (Å²) in [5.41, 5.74) is 0. The first-order valence-corrected chi connectivity index (χ1v) is 8.24. The second-order valence-corrected chi connectivity index (χ2v) is 5.72. The molecule has 0 spiro atoms. The Hall–Kier alpha value is -2.83. The number of likely N-dealkylation sites (tertiary alicyclic amines) is 1. The van der Waals surface area contributed by atoms with Crippen LogP contribution in [-0.4, -0.2) is 53.9 Å². The molecule has 1 fully saturated rings. The molecular formula is C18H21N3O4. The van der Waals surface area contributed by atoms with Crippen molar-refractivity contribution in [3.63, 3.8) is 0 Å². The number of carbonyl (C=O) groups is 1. The van der Waals surface area contributed by atoms with Gasteiger partial charge in [-0.3, -0.25) is 4.79 Å². The molecule has 1 aliphatic rings. The number of carbonyl (C=O) groups excluding carboxylic acids is 1. The molecule has 25 heavy (non-hydrogen) atoms. The molecule has 1 saturated heterocycles. The zero-order chi connectivity index (χ0) is 17.5. The second kappa shape index (κ2) is 8.32. The fraction of sp³-hybridized carbons (Fsp3) is 0.389. The normalized spacial score (nSPS) is 17.0. The smallest absolute Gasteiger partial charge is 0.260 e. The van der Waals surface area contributed by atoms with Crippen LogP contribution in [0.5, 0.6) is 17.4 Å². The van der Waals surface area contributed by atoms with Gasteiger partial charge in [-0.1, -0.05) is 12.1 Å². The fourth-order valence-electron chi connectivity index (χ4n) is 2.75. The van der Waals surface area contributed by atoms with Crippen LogP contribution in [0.15, 0.2) is 42.6 Å². The molecule has 7 nitrogen and oxygen atoms in total. The Morgan fingerprint density at radius 3 is 2.84 bits per heavy atom. The maximum absolute atomic E-state index is 12.4. The van der Waals surface area contributed by atoms with Gasteiger partial charge in [0.05, 0.1) is 13.7 Å². The van der Waals surface area contributed by atoms with Gasteiger partial charge < -0.3 is 19.1 Å². The molecule has 132 valence electrons. The van der Waals surface area contributed by atoms with Crippen LogP contribution in [0, 0.1) is 0 Å². The highest BCUT2D eigenvalue weighted by Crippen LogP contribution is 2.26. The molecule has 3 rings (SSSR count). The van der Waals surface area contributed by atoms with Crippen molar-refractivity contribution < 1.29 is 19.0 Å². The average molecular weight is 343 g/mol. The molecule has 1 aromatic carbocycles. The summed E-state index contributed by atoms with van der Waals surface area (Å²) in [5, 5.41) is 7.72. The second-order valence-electron chi connectivity index (χ2n) is 5.72. The number of hydrogen-bond acceptors (Lipinski definition) is 6. The molecule has 1 amide bonds. The van der Waals surface area contributed by atoms with E-state index in [0.717, 1.165) is 12.8 Å². The minimum Gasteiger partial charge on any atom is -0.493 e. The summed E-state index contributed by atoms with van der Waals surface area (Å²) in [4.78, 5) is 14.2. The number of ether oxygens (including phenoxy) is 3. The molecule has 1 atom stereocenters. The number of rotatable bonds is 6. The topological polar surface area (TPSA) is 73.8 Å². The zero-order valence-corrected chi connectivity index (χ0v) is 14.1. The first-order valence-electron chi connectivity index (χ1n) is 8.24. The third-order valence-corrected chi connectivity index (χ3v) is 3.99. The van der Waals surface area contributed by atoms with Gasteiger partial charge in [-0.15, -0.1) is 5.10 Å². The van der Waals surface area contributed by atoms with Gasteiger partial charge >= 0.3 is 0 Å². The minimum atomic E-state index is -0.0827. The highest BCUT2D eigenvalue weighted by Gasteiger charge is 2.25. The van der Waals surface area contributed by atoms with Gasteiger partial charge in [0.2, 0.25) is 5.88 Å². The molecule has 1 aromatic heterocycles. The number of amides is 1. The number of hydrogen-bond donors (Lipinski definition) is 0. The Balaban J connectivity index is 1.53. The summed E-state index contributed by atoms with van der Waals surface area (Å²) in [7, 11) is 1.57. The van der Waals surface area contributed by atoms with E-state index < -0.39 is 0 Å². The lowest BCUT2D eigenvalue weighted by Crippen LogP contribution is -2.46. The first-order chi connectivity index (χ1) is 12.3. The largest absolute Gasteiger partial charge is 0.493 e. The van der Waals surface area contributed by atoms with Crippen LogP contribution in [0.2, 0.25) is 0 Å².